The second-order valence-electron chi connectivity index (χ2n) is 9.25. The molecule has 4 rings (SSSR count). The Morgan fingerprint density at radius 3 is 2.21 bits per heavy atom. The number of hydrogen-bond acceptors (Lipinski definition) is 5. The molecule has 7 nitrogen and oxygen atoms in total. The van der Waals surface area contributed by atoms with Crippen LogP contribution in [0.1, 0.15) is 54.2 Å². The third-order valence-corrected chi connectivity index (χ3v) is 6.30. The smallest absolute Gasteiger partial charge is 0.247 e. The molecular formula is C26H31N5O2. The van der Waals surface area contributed by atoms with Crippen LogP contribution in [0.2, 0.25) is 0 Å². The van der Waals surface area contributed by atoms with Crippen LogP contribution in [0.4, 0.5) is 0 Å². The zero-order valence-corrected chi connectivity index (χ0v) is 19.3. The van der Waals surface area contributed by atoms with Gasteiger partial charge in [0.15, 0.2) is 5.78 Å². The van der Waals surface area contributed by atoms with Gasteiger partial charge in [0.05, 0.1) is 0 Å². The minimum absolute atomic E-state index is 0.00455. The summed E-state index contributed by atoms with van der Waals surface area (Å²) in [6.07, 6.45) is 4.37. The number of carbonyl (C=O) groups excluding carboxylic acids is 2. The largest absolute Gasteiger partial charge is 0.341 e. The summed E-state index contributed by atoms with van der Waals surface area (Å²) in [6, 6.07) is 17.4. The number of amides is 1. The van der Waals surface area contributed by atoms with Gasteiger partial charge >= 0.3 is 0 Å². The van der Waals surface area contributed by atoms with Crippen molar-refractivity contribution in [3.63, 3.8) is 0 Å². The van der Waals surface area contributed by atoms with E-state index in [1.165, 1.54) is 16.6 Å². The van der Waals surface area contributed by atoms with Gasteiger partial charge < -0.3 is 4.90 Å². The van der Waals surface area contributed by atoms with Gasteiger partial charge in [0, 0.05) is 31.0 Å². The van der Waals surface area contributed by atoms with Crippen molar-refractivity contribution in [1.82, 2.24) is 25.1 Å². The fourth-order valence-corrected chi connectivity index (χ4v) is 4.53. The molecule has 0 aliphatic carbocycles. The van der Waals surface area contributed by atoms with E-state index in [0.717, 1.165) is 17.5 Å². The van der Waals surface area contributed by atoms with E-state index in [2.05, 4.69) is 41.5 Å². The molecule has 1 fully saturated rings. The zero-order valence-electron chi connectivity index (χ0n) is 19.3. The molecule has 1 aliphatic heterocycles. The summed E-state index contributed by atoms with van der Waals surface area (Å²) in [5, 5.41) is 11.4. The first kappa shape index (κ1) is 22.8. The van der Waals surface area contributed by atoms with Gasteiger partial charge in [0.2, 0.25) is 5.91 Å². The van der Waals surface area contributed by atoms with E-state index in [-0.39, 0.29) is 17.6 Å². The summed E-state index contributed by atoms with van der Waals surface area (Å²) in [5.41, 5.74) is 3.08. The van der Waals surface area contributed by atoms with Crippen molar-refractivity contribution in [2.24, 2.45) is 11.8 Å². The first-order valence-electron chi connectivity index (χ1n) is 11.7. The second kappa shape index (κ2) is 10.5. The van der Waals surface area contributed by atoms with Crippen LogP contribution in [-0.4, -0.2) is 49.9 Å². The summed E-state index contributed by atoms with van der Waals surface area (Å²) in [7, 11) is 0. The molecule has 1 unspecified atom stereocenters. The Bertz CT molecular complexity index is 1040. The van der Waals surface area contributed by atoms with Gasteiger partial charge in [-0.3, -0.25) is 9.59 Å². The normalized spacial score (nSPS) is 15.5. The number of tetrazole rings is 1. The number of Topliss-reactive ketones (excluding diaryl/α,β-unsaturated/α-hetero) is 1. The predicted octanol–water partition coefficient (Wildman–Crippen LogP) is 3.78. The van der Waals surface area contributed by atoms with Gasteiger partial charge in [-0.2, -0.15) is 0 Å². The number of rotatable bonds is 8. The first-order chi connectivity index (χ1) is 16.0. The number of ketones is 1. The van der Waals surface area contributed by atoms with Crippen molar-refractivity contribution in [2.45, 2.75) is 45.6 Å². The maximum Gasteiger partial charge on any atom is 0.247 e. The van der Waals surface area contributed by atoms with Crippen LogP contribution >= 0.6 is 0 Å². The van der Waals surface area contributed by atoms with Gasteiger partial charge in [0.25, 0.3) is 0 Å². The molecule has 0 spiro atoms. The lowest BCUT2D eigenvalue weighted by Gasteiger charge is -2.33. The third-order valence-electron chi connectivity index (χ3n) is 6.30. The lowest BCUT2D eigenvalue weighted by Crippen LogP contribution is -2.44. The minimum atomic E-state index is -0.497. The molecule has 2 heterocycles. The van der Waals surface area contributed by atoms with E-state index in [1.54, 1.807) is 0 Å². The van der Waals surface area contributed by atoms with E-state index in [9.17, 15) is 9.59 Å². The summed E-state index contributed by atoms with van der Waals surface area (Å²) >= 11 is 0. The Kier molecular flexibility index (Phi) is 7.27. The van der Waals surface area contributed by atoms with E-state index >= 15 is 0 Å². The molecule has 1 atom stereocenters. The SMILES string of the molecule is CC(C)Cc1ccc(C(=O)C2CCN(C(=O)C(Cc3ccccc3)n3cnnn3)CC2)cc1. The highest BCUT2D eigenvalue weighted by molar-refractivity contribution is 5.98. The van der Waals surface area contributed by atoms with Crippen LogP contribution in [-0.2, 0) is 17.6 Å². The number of carbonyl (C=O) groups is 2. The monoisotopic (exact) mass is 445 g/mol. The van der Waals surface area contributed by atoms with Gasteiger partial charge in [0.1, 0.15) is 12.4 Å². The van der Waals surface area contributed by atoms with Gasteiger partial charge in [-0.05, 0) is 46.7 Å². The summed E-state index contributed by atoms with van der Waals surface area (Å²) in [5.74, 6) is 0.715. The molecular weight excluding hydrogens is 414 g/mol. The molecule has 1 saturated heterocycles. The van der Waals surface area contributed by atoms with Crippen LogP contribution in [0, 0.1) is 11.8 Å². The number of aromatic nitrogens is 4. The number of benzene rings is 2. The highest BCUT2D eigenvalue weighted by atomic mass is 16.2. The van der Waals surface area contributed by atoms with Crippen molar-refractivity contribution in [2.75, 3.05) is 13.1 Å². The quantitative estimate of drug-likeness (QED) is 0.493. The highest BCUT2D eigenvalue weighted by Gasteiger charge is 2.32. The molecule has 0 bridgehead atoms. The number of piperidine rings is 1. The van der Waals surface area contributed by atoms with Crippen molar-refractivity contribution in [3.05, 3.63) is 77.6 Å². The van der Waals surface area contributed by atoms with E-state index in [0.29, 0.717) is 38.3 Å². The number of nitrogens with zero attached hydrogens (tertiary/aromatic N) is 5. The van der Waals surface area contributed by atoms with Gasteiger partial charge in [-0.25, -0.2) is 4.68 Å². The van der Waals surface area contributed by atoms with E-state index in [4.69, 9.17) is 0 Å². The van der Waals surface area contributed by atoms with Crippen LogP contribution in [0.3, 0.4) is 0 Å². The van der Waals surface area contributed by atoms with Gasteiger partial charge in [-0.1, -0.05) is 68.4 Å². The second-order valence-corrected chi connectivity index (χ2v) is 9.25. The average Bonchev–Trinajstić information content (AvgIpc) is 3.37. The van der Waals surface area contributed by atoms with Crippen LogP contribution in [0.5, 0.6) is 0 Å². The van der Waals surface area contributed by atoms with E-state index in [1.807, 2.05) is 47.4 Å². The fourth-order valence-electron chi connectivity index (χ4n) is 4.53. The summed E-state index contributed by atoms with van der Waals surface area (Å²) in [4.78, 5) is 28.3. The Morgan fingerprint density at radius 2 is 1.61 bits per heavy atom. The third kappa shape index (κ3) is 5.72. The van der Waals surface area contributed by atoms with E-state index < -0.39 is 6.04 Å². The fraction of sp³-hybridized carbons (Fsp3) is 0.423. The molecule has 7 heteroatoms. The molecule has 1 aliphatic rings. The summed E-state index contributed by atoms with van der Waals surface area (Å²) in [6.45, 7) is 5.51. The highest BCUT2D eigenvalue weighted by Crippen LogP contribution is 2.25. The first-order valence-corrected chi connectivity index (χ1v) is 11.7. The topological polar surface area (TPSA) is 81.0 Å². The minimum Gasteiger partial charge on any atom is -0.341 e. The molecule has 0 saturated carbocycles. The van der Waals surface area contributed by atoms with Crippen LogP contribution in [0.15, 0.2) is 60.9 Å². The molecule has 33 heavy (non-hydrogen) atoms. The van der Waals surface area contributed by atoms with Crippen molar-refractivity contribution in [3.8, 4) is 0 Å². The molecule has 0 radical (unpaired) electrons. The lowest BCUT2D eigenvalue weighted by molar-refractivity contribution is -0.136. The molecule has 3 aromatic rings. The molecule has 0 N–H and O–H groups in total. The van der Waals surface area contributed by atoms with Crippen molar-refractivity contribution >= 4 is 11.7 Å². The Labute approximate surface area is 194 Å². The maximum atomic E-state index is 13.4. The Hall–Kier alpha value is -3.35. The zero-order chi connectivity index (χ0) is 23.2. The standard InChI is InChI=1S/C26H31N5O2/c1-19(2)16-21-8-10-22(11-9-21)25(32)23-12-14-30(15-13-23)26(33)24(31-18-27-28-29-31)17-20-6-4-3-5-7-20/h3-11,18-19,23-24H,12-17H2,1-2H3. The van der Waals surface area contributed by atoms with Crippen molar-refractivity contribution < 1.29 is 9.59 Å². The Balaban J connectivity index is 1.38. The molecule has 1 aromatic heterocycles. The predicted molar refractivity (Wildman–Crippen MR) is 126 cm³/mol. The van der Waals surface area contributed by atoms with Crippen LogP contribution in [0.25, 0.3) is 0 Å². The van der Waals surface area contributed by atoms with Crippen LogP contribution < -0.4 is 0 Å². The molecule has 2 aromatic carbocycles. The van der Waals surface area contributed by atoms with Gasteiger partial charge in [-0.15, -0.1) is 5.10 Å². The average molecular weight is 446 g/mol. The van der Waals surface area contributed by atoms with Crippen molar-refractivity contribution in [1.29, 1.82) is 0 Å². The Morgan fingerprint density at radius 1 is 0.939 bits per heavy atom. The number of likely N-dealkylation sites (tertiary alicyclic amines) is 1. The maximum absolute atomic E-state index is 13.4. The number of hydrogen-bond donors (Lipinski definition) is 0. The summed E-state index contributed by atoms with van der Waals surface area (Å²) < 4.78 is 1.53. The molecule has 172 valence electrons. The lowest BCUT2D eigenvalue weighted by atomic mass is 9.88. The molecule has 1 amide bonds.